The highest BCUT2D eigenvalue weighted by Crippen LogP contribution is 2.26. The lowest BCUT2D eigenvalue weighted by Crippen LogP contribution is -2.31. The van der Waals surface area contributed by atoms with Crippen LogP contribution in [0.4, 0.5) is 18.9 Å². The molecule has 0 radical (unpaired) electrons. The van der Waals surface area contributed by atoms with E-state index >= 15 is 0 Å². The molecule has 0 bridgehead atoms. The summed E-state index contributed by atoms with van der Waals surface area (Å²) in [5.74, 6) is -2.98. The van der Waals surface area contributed by atoms with Crippen molar-refractivity contribution in [2.45, 2.75) is 37.8 Å². The quantitative estimate of drug-likeness (QED) is 0.839. The molecular weight excluding hydrogens is 243 g/mol. The van der Waals surface area contributed by atoms with Gasteiger partial charge in [-0.15, -0.1) is 0 Å². The lowest BCUT2D eigenvalue weighted by atomic mass is 9.92. The van der Waals surface area contributed by atoms with E-state index in [0.29, 0.717) is 12.5 Å². The highest BCUT2D eigenvalue weighted by Gasteiger charge is 2.23. The fraction of sp³-hybridized carbons (Fsp3) is 0.538. The van der Waals surface area contributed by atoms with Crippen LogP contribution in [0.2, 0.25) is 0 Å². The van der Waals surface area contributed by atoms with E-state index in [1.54, 1.807) is 7.11 Å². The van der Waals surface area contributed by atoms with E-state index in [1.165, 1.54) is 0 Å². The Labute approximate surface area is 104 Å². The summed E-state index contributed by atoms with van der Waals surface area (Å²) in [6, 6.07) is 1.51. The average Bonchev–Trinajstić information content (AvgIpc) is 2.35. The van der Waals surface area contributed by atoms with Gasteiger partial charge in [-0.25, -0.2) is 13.2 Å². The van der Waals surface area contributed by atoms with Gasteiger partial charge in [0, 0.05) is 25.3 Å². The van der Waals surface area contributed by atoms with Crippen molar-refractivity contribution in [1.29, 1.82) is 0 Å². The topological polar surface area (TPSA) is 21.3 Å². The third kappa shape index (κ3) is 2.96. The highest BCUT2D eigenvalue weighted by atomic mass is 19.2. The number of hydrogen-bond acceptors (Lipinski definition) is 2. The third-order valence-electron chi connectivity index (χ3n) is 3.31. The number of methoxy groups -OCH3 is 1. The molecule has 2 unspecified atom stereocenters. The molecule has 1 aromatic carbocycles. The van der Waals surface area contributed by atoms with Gasteiger partial charge < -0.3 is 10.1 Å². The van der Waals surface area contributed by atoms with E-state index < -0.39 is 17.5 Å². The molecule has 5 heteroatoms. The Bertz CT molecular complexity index is 425. The van der Waals surface area contributed by atoms with Crippen LogP contribution in [0.3, 0.4) is 0 Å². The molecule has 0 aliphatic heterocycles. The number of halogens is 3. The van der Waals surface area contributed by atoms with Crippen LogP contribution in [0.1, 0.15) is 25.7 Å². The predicted molar refractivity (Wildman–Crippen MR) is 63.0 cm³/mol. The fourth-order valence-corrected chi connectivity index (χ4v) is 2.37. The maximum atomic E-state index is 13.5. The van der Waals surface area contributed by atoms with Gasteiger partial charge >= 0.3 is 0 Å². The van der Waals surface area contributed by atoms with Crippen molar-refractivity contribution in [2.75, 3.05) is 12.4 Å². The second kappa shape index (κ2) is 5.61. The summed E-state index contributed by atoms with van der Waals surface area (Å²) < 4.78 is 44.8. The van der Waals surface area contributed by atoms with E-state index in [9.17, 15) is 13.2 Å². The molecule has 2 atom stereocenters. The second-order valence-electron chi connectivity index (χ2n) is 4.61. The van der Waals surface area contributed by atoms with Gasteiger partial charge in [0.2, 0.25) is 0 Å². The molecule has 1 aromatic rings. The molecule has 0 spiro atoms. The van der Waals surface area contributed by atoms with Crippen LogP contribution in [0.5, 0.6) is 0 Å². The first-order chi connectivity index (χ1) is 8.60. The Balaban J connectivity index is 2.09. The molecule has 0 heterocycles. The Morgan fingerprint density at radius 2 is 2.00 bits per heavy atom. The molecular formula is C13H16F3NO. The van der Waals surface area contributed by atoms with Gasteiger partial charge in [0.25, 0.3) is 0 Å². The zero-order valence-electron chi connectivity index (χ0n) is 10.2. The number of ether oxygens (including phenoxy) is 1. The number of hydrogen-bond donors (Lipinski definition) is 1. The lowest BCUT2D eigenvalue weighted by Gasteiger charge is -2.29. The SMILES string of the molecule is COC1CCCC(Nc2cc(F)cc(F)c2F)C1. The van der Waals surface area contributed by atoms with Crippen LogP contribution in [0.15, 0.2) is 12.1 Å². The number of nitrogens with one attached hydrogen (secondary N) is 1. The van der Waals surface area contributed by atoms with Crippen LogP contribution in [0.25, 0.3) is 0 Å². The zero-order chi connectivity index (χ0) is 13.1. The number of rotatable bonds is 3. The van der Waals surface area contributed by atoms with E-state index in [2.05, 4.69) is 5.32 Å². The van der Waals surface area contributed by atoms with Crippen LogP contribution in [-0.2, 0) is 4.74 Å². The van der Waals surface area contributed by atoms with Crippen molar-refractivity contribution >= 4 is 5.69 Å². The molecule has 1 N–H and O–H groups in total. The van der Waals surface area contributed by atoms with Gasteiger partial charge in [0.15, 0.2) is 11.6 Å². The summed E-state index contributed by atoms with van der Waals surface area (Å²) in [4.78, 5) is 0. The Morgan fingerprint density at radius 1 is 1.22 bits per heavy atom. The van der Waals surface area contributed by atoms with Crippen molar-refractivity contribution in [3.05, 3.63) is 29.6 Å². The first kappa shape index (κ1) is 13.2. The minimum absolute atomic E-state index is 0.0144. The summed E-state index contributed by atoms with van der Waals surface area (Å²) in [6.45, 7) is 0. The maximum Gasteiger partial charge on any atom is 0.182 e. The predicted octanol–water partition coefficient (Wildman–Crippen LogP) is 3.47. The van der Waals surface area contributed by atoms with Gasteiger partial charge in [-0.2, -0.15) is 0 Å². The summed E-state index contributed by atoms with van der Waals surface area (Å²) in [6.07, 6.45) is 3.60. The van der Waals surface area contributed by atoms with Crippen LogP contribution in [0, 0.1) is 17.5 Å². The van der Waals surface area contributed by atoms with Crippen molar-refractivity contribution in [3.63, 3.8) is 0 Å². The van der Waals surface area contributed by atoms with Crippen molar-refractivity contribution in [3.8, 4) is 0 Å². The van der Waals surface area contributed by atoms with Crippen molar-refractivity contribution in [1.82, 2.24) is 0 Å². The van der Waals surface area contributed by atoms with Crippen molar-refractivity contribution in [2.24, 2.45) is 0 Å². The molecule has 1 aliphatic rings. The van der Waals surface area contributed by atoms with Crippen LogP contribution in [-0.4, -0.2) is 19.3 Å². The molecule has 0 amide bonds. The molecule has 1 saturated carbocycles. The largest absolute Gasteiger partial charge is 0.381 e. The normalized spacial score (nSPS) is 24.0. The first-order valence-electron chi connectivity index (χ1n) is 6.04. The van der Waals surface area contributed by atoms with Crippen molar-refractivity contribution < 1.29 is 17.9 Å². The number of anilines is 1. The minimum atomic E-state index is -1.17. The van der Waals surface area contributed by atoms with Gasteiger partial charge in [-0.1, -0.05) is 0 Å². The first-order valence-corrected chi connectivity index (χ1v) is 6.04. The van der Waals surface area contributed by atoms with Crippen LogP contribution >= 0.6 is 0 Å². The maximum absolute atomic E-state index is 13.5. The van der Waals surface area contributed by atoms with Gasteiger partial charge in [-0.3, -0.25) is 0 Å². The van der Waals surface area contributed by atoms with E-state index in [1.807, 2.05) is 0 Å². The Hall–Kier alpha value is -1.23. The van der Waals surface area contributed by atoms with Gasteiger partial charge in [0.05, 0.1) is 11.8 Å². The molecule has 1 aliphatic carbocycles. The monoisotopic (exact) mass is 259 g/mol. The molecule has 100 valence electrons. The summed E-state index contributed by atoms with van der Waals surface area (Å²) in [7, 11) is 1.63. The molecule has 0 aromatic heterocycles. The lowest BCUT2D eigenvalue weighted by molar-refractivity contribution is 0.0669. The molecule has 0 saturated heterocycles. The second-order valence-corrected chi connectivity index (χ2v) is 4.61. The minimum Gasteiger partial charge on any atom is -0.381 e. The smallest absolute Gasteiger partial charge is 0.182 e. The summed E-state index contributed by atoms with van der Waals surface area (Å²) in [5, 5.41) is 2.86. The summed E-state index contributed by atoms with van der Waals surface area (Å²) >= 11 is 0. The van der Waals surface area contributed by atoms with Gasteiger partial charge in [0.1, 0.15) is 5.82 Å². The highest BCUT2D eigenvalue weighted by molar-refractivity contribution is 5.46. The van der Waals surface area contributed by atoms with Gasteiger partial charge in [-0.05, 0) is 25.7 Å². The Morgan fingerprint density at radius 3 is 2.72 bits per heavy atom. The molecule has 2 rings (SSSR count). The molecule has 18 heavy (non-hydrogen) atoms. The third-order valence-corrected chi connectivity index (χ3v) is 3.31. The molecule has 1 fully saturated rings. The fourth-order valence-electron chi connectivity index (χ4n) is 2.37. The Kier molecular flexibility index (Phi) is 4.11. The van der Waals surface area contributed by atoms with E-state index in [0.717, 1.165) is 25.3 Å². The molecule has 2 nitrogen and oxygen atoms in total. The average molecular weight is 259 g/mol. The standard InChI is InChI=1S/C13H16F3NO/c1-18-10-4-2-3-9(7-10)17-12-6-8(14)5-11(15)13(12)16/h5-6,9-10,17H,2-4,7H2,1H3. The summed E-state index contributed by atoms with van der Waals surface area (Å²) in [5.41, 5.74) is -0.116. The van der Waals surface area contributed by atoms with E-state index in [-0.39, 0.29) is 17.8 Å². The van der Waals surface area contributed by atoms with Crippen LogP contribution < -0.4 is 5.32 Å². The number of benzene rings is 1. The van der Waals surface area contributed by atoms with E-state index in [4.69, 9.17) is 4.74 Å². The zero-order valence-corrected chi connectivity index (χ0v) is 10.2.